The molecule has 0 saturated carbocycles. The van der Waals surface area contributed by atoms with Gasteiger partial charge in [0.05, 0.1) is 18.2 Å². The van der Waals surface area contributed by atoms with Gasteiger partial charge in [-0.25, -0.2) is 13.6 Å². The van der Waals surface area contributed by atoms with Crippen molar-refractivity contribution in [1.82, 2.24) is 4.90 Å². The third-order valence-corrected chi connectivity index (χ3v) is 7.21. The molecule has 8 heteroatoms. The topological polar surface area (TPSA) is 70.1 Å². The molecule has 0 spiro atoms. The molecule has 192 valence electrons. The molecule has 1 amide bonds. The zero-order valence-corrected chi connectivity index (χ0v) is 20.2. The fourth-order valence-corrected chi connectivity index (χ4v) is 5.44. The zero-order chi connectivity index (χ0) is 25.9. The molecule has 1 unspecified atom stereocenters. The number of fused-ring (bicyclic) bond motifs is 1. The van der Waals surface area contributed by atoms with Gasteiger partial charge in [0.2, 0.25) is 5.91 Å². The largest absolute Gasteiger partial charge is 0.491 e. The number of hydrogen-bond acceptors (Lipinski definition) is 4. The second-order valence-electron chi connectivity index (χ2n) is 9.45. The van der Waals surface area contributed by atoms with Crippen molar-refractivity contribution in [2.75, 3.05) is 24.6 Å². The van der Waals surface area contributed by atoms with Gasteiger partial charge in [-0.05, 0) is 30.4 Å². The van der Waals surface area contributed by atoms with Crippen LogP contribution in [0.15, 0.2) is 72.8 Å². The van der Waals surface area contributed by atoms with E-state index in [-0.39, 0.29) is 30.7 Å². The minimum atomic E-state index is -1.09. The number of likely N-dealkylation sites (tertiary alicyclic amines) is 1. The van der Waals surface area contributed by atoms with Gasteiger partial charge < -0.3 is 19.6 Å². The molecule has 1 fully saturated rings. The molecule has 1 saturated heterocycles. The van der Waals surface area contributed by atoms with Crippen LogP contribution in [0, 0.1) is 11.6 Å². The summed E-state index contributed by atoms with van der Waals surface area (Å²) in [6.45, 7) is 1.09. The maximum Gasteiger partial charge on any atom is 0.326 e. The molecule has 0 aromatic heterocycles. The minimum absolute atomic E-state index is 0.163. The summed E-state index contributed by atoms with van der Waals surface area (Å²) in [5, 5.41) is 10.2. The molecule has 0 aliphatic carbocycles. The summed E-state index contributed by atoms with van der Waals surface area (Å²) in [6.07, 6.45) is 1.28. The number of piperidine rings is 1. The highest BCUT2D eigenvalue weighted by Gasteiger charge is 2.41. The van der Waals surface area contributed by atoms with E-state index < -0.39 is 29.6 Å². The van der Waals surface area contributed by atoms with Crippen molar-refractivity contribution in [3.63, 3.8) is 0 Å². The van der Waals surface area contributed by atoms with Crippen LogP contribution < -0.4 is 9.64 Å². The maximum atomic E-state index is 14.2. The Balaban J connectivity index is 1.44. The summed E-state index contributed by atoms with van der Waals surface area (Å²) in [5.41, 5.74) is 2.00. The van der Waals surface area contributed by atoms with Gasteiger partial charge in [0.25, 0.3) is 0 Å². The number of aliphatic carboxylic acids is 1. The van der Waals surface area contributed by atoms with E-state index in [4.69, 9.17) is 4.74 Å². The van der Waals surface area contributed by atoms with Crippen molar-refractivity contribution in [3.05, 3.63) is 95.6 Å². The lowest BCUT2D eigenvalue weighted by Crippen LogP contribution is -2.56. The van der Waals surface area contributed by atoms with Gasteiger partial charge in [-0.2, -0.15) is 0 Å². The first-order chi connectivity index (χ1) is 17.9. The number of carbonyl (C=O) groups excluding carboxylic acids is 1. The van der Waals surface area contributed by atoms with Gasteiger partial charge in [0.15, 0.2) is 11.6 Å². The van der Waals surface area contributed by atoms with Gasteiger partial charge >= 0.3 is 5.97 Å². The van der Waals surface area contributed by atoms with E-state index in [2.05, 4.69) is 0 Å². The molecule has 2 heterocycles. The Bertz CT molecular complexity index is 1230. The standard InChI is InChI=1S/C29H28F2N2O4/c30-22-17-24-26(18-23(22)31)37-15-7-13-32(24)21-12-14-33(25(16-21)29(35)36)28(34)27(19-8-3-1-4-9-19)20-10-5-2-6-11-20/h1-6,8-11,17-18,21,25,27H,7,12-16H2,(H,35,36)/t21-,25?/m1/s1. The lowest BCUT2D eigenvalue weighted by molar-refractivity contribution is -0.152. The molecule has 0 radical (unpaired) electrons. The monoisotopic (exact) mass is 506 g/mol. The van der Waals surface area contributed by atoms with Crippen LogP contribution in [0.5, 0.6) is 5.75 Å². The molecule has 2 atom stereocenters. The van der Waals surface area contributed by atoms with Gasteiger partial charge in [0, 0.05) is 31.3 Å². The van der Waals surface area contributed by atoms with Crippen molar-refractivity contribution >= 4 is 17.6 Å². The highest BCUT2D eigenvalue weighted by atomic mass is 19.2. The van der Waals surface area contributed by atoms with Crippen LogP contribution in [0.3, 0.4) is 0 Å². The highest BCUT2D eigenvalue weighted by molar-refractivity contribution is 5.91. The summed E-state index contributed by atoms with van der Waals surface area (Å²) in [5.74, 6) is -3.71. The van der Waals surface area contributed by atoms with Crippen molar-refractivity contribution in [2.24, 2.45) is 0 Å². The number of carbonyl (C=O) groups is 2. The van der Waals surface area contributed by atoms with Gasteiger partial charge in [-0.15, -0.1) is 0 Å². The smallest absolute Gasteiger partial charge is 0.326 e. The molecular weight excluding hydrogens is 478 g/mol. The predicted octanol–water partition coefficient (Wildman–Crippen LogP) is 4.83. The highest BCUT2D eigenvalue weighted by Crippen LogP contribution is 2.38. The molecule has 0 bridgehead atoms. The zero-order valence-electron chi connectivity index (χ0n) is 20.2. The molecule has 3 aromatic rings. The number of ether oxygens (including phenoxy) is 1. The Morgan fingerprint density at radius 1 is 0.919 bits per heavy atom. The lowest BCUT2D eigenvalue weighted by Gasteiger charge is -2.43. The molecule has 3 aromatic carbocycles. The summed E-state index contributed by atoms with van der Waals surface area (Å²) in [6, 6.07) is 19.5. The number of halogens is 2. The average Bonchev–Trinajstić information content (AvgIpc) is 3.12. The molecule has 6 nitrogen and oxygen atoms in total. The molecule has 2 aliphatic rings. The molecule has 5 rings (SSSR count). The van der Waals surface area contributed by atoms with Crippen molar-refractivity contribution in [3.8, 4) is 5.75 Å². The first kappa shape index (κ1) is 24.7. The van der Waals surface area contributed by atoms with E-state index in [9.17, 15) is 23.5 Å². The van der Waals surface area contributed by atoms with Crippen LogP contribution in [0.25, 0.3) is 0 Å². The minimum Gasteiger partial charge on any atom is -0.491 e. The summed E-state index contributed by atoms with van der Waals surface area (Å²) in [7, 11) is 0. The Kier molecular flexibility index (Phi) is 7.08. The first-order valence-electron chi connectivity index (χ1n) is 12.5. The van der Waals surface area contributed by atoms with Crippen LogP contribution in [0.1, 0.15) is 36.3 Å². The Morgan fingerprint density at radius 2 is 1.54 bits per heavy atom. The normalized spacial score (nSPS) is 19.6. The predicted molar refractivity (Wildman–Crippen MR) is 135 cm³/mol. The second-order valence-corrected chi connectivity index (χ2v) is 9.45. The number of carboxylic acid groups (broad SMARTS) is 1. The second kappa shape index (κ2) is 10.6. The number of amides is 1. The third-order valence-electron chi connectivity index (χ3n) is 7.21. The number of rotatable bonds is 5. The van der Waals surface area contributed by atoms with E-state index in [1.807, 2.05) is 65.6 Å². The van der Waals surface area contributed by atoms with E-state index >= 15 is 0 Å². The van der Waals surface area contributed by atoms with E-state index in [0.717, 1.165) is 23.3 Å². The van der Waals surface area contributed by atoms with E-state index in [0.29, 0.717) is 31.7 Å². The van der Waals surface area contributed by atoms with Crippen LogP contribution in [0.4, 0.5) is 14.5 Å². The summed E-state index contributed by atoms with van der Waals surface area (Å²) >= 11 is 0. The summed E-state index contributed by atoms with van der Waals surface area (Å²) in [4.78, 5) is 29.8. The number of benzene rings is 3. The van der Waals surface area contributed by atoms with Crippen LogP contribution >= 0.6 is 0 Å². The number of hydrogen-bond donors (Lipinski definition) is 1. The average molecular weight is 507 g/mol. The fourth-order valence-electron chi connectivity index (χ4n) is 5.44. The fraction of sp³-hybridized carbons (Fsp3) is 0.310. The van der Waals surface area contributed by atoms with Crippen LogP contribution in [0.2, 0.25) is 0 Å². The molecular formula is C29H28F2N2O4. The first-order valence-corrected chi connectivity index (χ1v) is 12.5. The molecule has 37 heavy (non-hydrogen) atoms. The van der Waals surface area contributed by atoms with Gasteiger partial charge in [-0.3, -0.25) is 4.79 Å². The van der Waals surface area contributed by atoms with Crippen LogP contribution in [-0.2, 0) is 9.59 Å². The Labute approximate surface area is 214 Å². The van der Waals surface area contributed by atoms with Crippen molar-refractivity contribution < 1.29 is 28.2 Å². The Morgan fingerprint density at radius 3 is 2.16 bits per heavy atom. The lowest BCUT2D eigenvalue weighted by atomic mass is 9.87. The van der Waals surface area contributed by atoms with E-state index in [1.165, 1.54) is 4.90 Å². The van der Waals surface area contributed by atoms with E-state index in [1.54, 1.807) is 0 Å². The molecule has 2 aliphatic heterocycles. The van der Waals surface area contributed by atoms with Gasteiger partial charge in [-0.1, -0.05) is 60.7 Å². The summed E-state index contributed by atoms with van der Waals surface area (Å²) < 4.78 is 33.7. The Hall–Kier alpha value is -3.94. The van der Waals surface area contributed by atoms with Gasteiger partial charge in [0.1, 0.15) is 11.8 Å². The van der Waals surface area contributed by atoms with Crippen molar-refractivity contribution in [2.45, 2.75) is 37.3 Å². The maximum absolute atomic E-state index is 14.2. The number of anilines is 1. The third kappa shape index (κ3) is 5.01. The van der Waals surface area contributed by atoms with Crippen molar-refractivity contribution in [1.29, 1.82) is 0 Å². The van der Waals surface area contributed by atoms with Crippen LogP contribution in [-0.4, -0.2) is 53.7 Å². The number of carboxylic acids is 1. The molecule has 1 N–H and O–H groups in total. The quantitative estimate of drug-likeness (QED) is 0.537. The SMILES string of the molecule is O=C(O)C1C[C@H](N2CCCOc3cc(F)c(F)cc32)CCN1C(=O)C(c1ccccc1)c1ccccc1. The number of nitrogens with zero attached hydrogens (tertiary/aromatic N) is 2.